The van der Waals surface area contributed by atoms with Crippen molar-refractivity contribution in [2.24, 2.45) is 0 Å². The second kappa shape index (κ2) is 6.76. The molecule has 0 radical (unpaired) electrons. The Bertz CT molecular complexity index is 921. The molecule has 2 aromatic carbocycles. The summed E-state index contributed by atoms with van der Waals surface area (Å²) in [5.74, 6) is 0.0256. The standard InChI is InChI=1S/C19H19ClN4O/c20-15-6-7-16-14(10-15)11-17(23-16)19(25)21-8-3-9-24-18-5-2-1-4-13(18)12-22-24/h1-2,4-7,10,12,17,23H,3,8-9,11H2,(H,21,25)/t17-/m0/s1. The Hall–Kier alpha value is -2.53. The van der Waals surface area contributed by atoms with E-state index < -0.39 is 0 Å². The molecule has 1 atom stereocenters. The van der Waals surface area contributed by atoms with Crippen LogP contribution in [0.2, 0.25) is 5.02 Å². The average Bonchev–Trinajstić information content (AvgIpc) is 3.22. The van der Waals surface area contributed by atoms with Gasteiger partial charge in [0.1, 0.15) is 6.04 Å². The highest BCUT2D eigenvalue weighted by atomic mass is 35.5. The summed E-state index contributed by atoms with van der Waals surface area (Å²) in [6.45, 7) is 1.41. The topological polar surface area (TPSA) is 59.0 Å². The number of carbonyl (C=O) groups excluding carboxylic acids is 1. The lowest BCUT2D eigenvalue weighted by atomic mass is 10.1. The van der Waals surface area contributed by atoms with E-state index in [9.17, 15) is 4.79 Å². The summed E-state index contributed by atoms with van der Waals surface area (Å²) in [5, 5.41) is 12.5. The van der Waals surface area contributed by atoms with Crippen LogP contribution in [0, 0.1) is 0 Å². The summed E-state index contributed by atoms with van der Waals surface area (Å²) in [5.41, 5.74) is 3.21. The van der Waals surface area contributed by atoms with Gasteiger partial charge in [-0.3, -0.25) is 9.48 Å². The van der Waals surface area contributed by atoms with Gasteiger partial charge < -0.3 is 10.6 Å². The average molecular weight is 355 g/mol. The van der Waals surface area contributed by atoms with Gasteiger partial charge in [-0.25, -0.2) is 0 Å². The fraction of sp³-hybridized carbons (Fsp3) is 0.263. The van der Waals surface area contributed by atoms with Gasteiger partial charge in [-0.1, -0.05) is 29.8 Å². The van der Waals surface area contributed by atoms with Crippen molar-refractivity contribution in [3.63, 3.8) is 0 Å². The number of aryl methyl sites for hydroxylation is 1. The smallest absolute Gasteiger partial charge is 0.242 e. The molecule has 0 bridgehead atoms. The fourth-order valence-electron chi connectivity index (χ4n) is 3.26. The van der Waals surface area contributed by atoms with E-state index in [1.165, 1.54) is 0 Å². The van der Waals surface area contributed by atoms with Crippen LogP contribution in [0.5, 0.6) is 0 Å². The van der Waals surface area contributed by atoms with E-state index >= 15 is 0 Å². The highest BCUT2D eigenvalue weighted by Gasteiger charge is 2.26. The Morgan fingerprint density at radius 3 is 3.12 bits per heavy atom. The molecule has 5 nitrogen and oxygen atoms in total. The molecule has 1 aromatic heterocycles. The van der Waals surface area contributed by atoms with Crippen LogP contribution < -0.4 is 10.6 Å². The van der Waals surface area contributed by atoms with Gasteiger partial charge in [0, 0.05) is 35.6 Å². The number of halogens is 1. The van der Waals surface area contributed by atoms with Crippen LogP contribution in [0.25, 0.3) is 10.9 Å². The number of aromatic nitrogens is 2. The summed E-state index contributed by atoms with van der Waals surface area (Å²) < 4.78 is 1.98. The summed E-state index contributed by atoms with van der Waals surface area (Å²) >= 11 is 6.01. The number of benzene rings is 2. The maximum absolute atomic E-state index is 12.3. The van der Waals surface area contributed by atoms with Crippen LogP contribution in [0.3, 0.4) is 0 Å². The zero-order valence-electron chi connectivity index (χ0n) is 13.7. The van der Waals surface area contributed by atoms with E-state index in [0.717, 1.165) is 35.1 Å². The number of hydrogen-bond donors (Lipinski definition) is 2. The van der Waals surface area contributed by atoms with Crippen LogP contribution in [-0.2, 0) is 17.8 Å². The van der Waals surface area contributed by atoms with Crippen molar-refractivity contribution in [3.8, 4) is 0 Å². The molecule has 0 unspecified atom stereocenters. The van der Waals surface area contributed by atoms with Gasteiger partial charge >= 0.3 is 0 Å². The van der Waals surface area contributed by atoms with Gasteiger partial charge in [-0.2, -0.15) is 5.10 Å². The minimum Gasteiger partial charge on any atom is -0.373 e. The van der Waals surface area contributed by atoms with Crippen molar-refractivity contribution in [1.29, 1.82) is 0 Å². The molecule has 0 aliphatic carbocycles. The molecule has 0 saturated carbocycles. The van der Waals surface area contributed by atoms with Gasteiger partial charge in [-0.15, -0.1) is 0 Å². The van der Waals surface area contributed by atoms with Crippen LogP contribution in [0.4, 0.5) is 5.69 Å². The summed E-state index contributed by atoms with van der Waals surface area (Å²) in [6.07, 6.45) is 3.38. The number of carbonyl (C=O) groups is 1. The molecule has 4 rings (SSSR count). The Labute approximate surface area is 151 Å². The Kier molecular flexibility index (Phi) is 4.32. The first-order valence-corrected chi connectivity index (χ1v) is 8.82. The molecular formula is C19H19ClN4O. The van der Waals surface area contributed by atoms with E-state index in [4.69, 9.17) is 11.6 Å². The van der Waals surface area contributed by atoms with Gasteiger partial charge in [0.05, 0.1) is 11.7 Å². The molecule has 0 fully saturated rings. The maximum atomic E-state index is 12.3. The highest BCUT2D eigenvalue weighted by molar-refractivity contribution is 6.30. The van der Waals surface area contributed by atoms with E-state index in [2.05, 4.69) is 27.9 Å². The number of nitrogens with zero attached hydrogens (tertiary/aromatic N) is 2. The predicted molar refractivity (Wildman–Crippen MR) is 99.9 cm³/mol. The number of fused-ring (bicyclic) bond motifs is 2. The second-order valence-electron chi connectivity index (χ2n) is 6.27. The minimum absolute atomic E-state index is 0.0256. The van der Waals surface area contributed by atoms with Crippen molar-refractivity contribution < 1.29 is 4.79 Å². The fourth-order valence-corrected chi connectivity index (χ4v) is 3.45. The molecule has 0 spiro atoms. The number of amides is 1. The van der Waals surface area contributed by atoms with Crippen LogP contribution in [0.1, 0.15) is 12.0 Å². The largest absolute Gasteiger partial charge is 0.373 e. The molecule has 1 amide bonds. The molecule has 1 aliphatic rings. The monoisotopic (exact) mass is 354 g/mol. The SMILES string of the molecule is O=C(NCCCn1ncc2ccccc21)[C@@H]1Cc2cc(Cl)ccc2N1. The van der Waals surface area contributed by atoms with Crippen LogP contribution >= 0.6 is 11.6 Å². The van der Waals surface area contributed by atoms with E-state index in [1.54, 1.807) is 0 Å². The van der Waals surface area contributed by atoms with Crippen molar-refractivity contribution >= 4 is 34.1 Å². The van der Waals surface area contributed by atoms with E-state index in [-0.39, 0.29) is 11.9 Å². The van der Waals surface area contributed by atoms with Gasteiger partial charge in [0.15, 0.2) is 0 Å². The van der Waals surface area contributed by atoms with Gasteiger partial charge in [0.2, 0.25) is 5.91 Å². The number of hydrogen-bond acceptors (Lipinski definition) is 3. The predicted octanol–water partition coefficient (Wildman–Crippen LogP) is 3.23. The van der Waals surface area contributed by atoms with Crippen molar-refractivity contribution in [2.45, 2.75) is 25.4 Å². The third-order valence-electron chi connectivity index (χ3n) is 4.53. The zero-order chi connectivity index (χ0) is 17.2. The first-order valence-electron chi connectivity index (χ1n) is 8.44. The minimum atomic E-state index is -0.223. The maximum Gasteiger partial charge on any atom is 0.242 e. The first kappa shape index (κ1) is 16.0. The second-order valence-corrected chi connectivity index (χ2v) is 6.71. The Balaban J connectivity index is 1.27. The lowest BCUT2D eigenvalue weighted by Crippen LogP contribution is -2.39. The Morgan fingerprint density at radius 1 is 1.32 bits per heavy atom. The number of para-hydroxylation sites is 1. The van der Waals surface area contributed by atoms with E-state index in [0.29, 0.717) is 18.0 Å². The number of nitrogens with one attached hydrogen (secondary N) is 2. The van der Waals surface area contributed by atoms with Crippen LogP contribution in [0.15, 0.2) is 48.7 Å². The molecule has 2 N–H and O–H groups in total. The van der Waals surface area contributed by atoms with Crippen molar-refractivity contribution in [3.05, 3.63) is 59.2 Å². The van der Waals surface area contributed by atoms with Crippen molar-refractivity contribution in [2.75, 3.05) is 11.9 Å². The lowest BCUT2D eigenvalue weighted by Gasteiger charge is -2.12. The van der Waals surface area contributed by atoms with Gasteiger partial charge in [0.25, 0.3) is 0 Å². The zero-order valence-corrected chi connectivity index (χ0v) is 14.5. The van der Waals surface area contributed by atoms with Crippen LogP contribution in [-0.4, -0.2) is 28.3 Å². The molecule has 128 valence electrons. The molecule has 1 aliphatic heterocycles. The first-order chi connectivity index (χ1) is 12.2. The molecule has 0 saturated heterocycles. The quantitative estimate of drug-likeness (QED) is 0.691. The molecule has 2 heterocycles. The number of anilines is 1. The third-order valence-corrected chi connectivity index (χ3v) is 4.77. The molecule has 6 heteroatoms. The summed E-state index contributed by atoms with van der Waals surface area (Å²) in [6, 6.07) is 13.6. The number of rotatable bonds is 5. The van der Waals surface area contributed by atoms with Crippen molar-refractivity contribution in [1.82, 2.24) is 15.1 Å². The highest BCUT2D eigenvalue weighted by Crippen LogP contribution is 2.28. The Morgan fingerprint density at radius 2 is 2.20 bits per heavy atom. The van der Waals surface area contributed by atoms with E-state index in [1.807, 2.05) is 41.2 Å². The third kappa shape index (κ3) is 3.33. The molecule has 3 aromatic rings. The molecular weight excluding hydrogens is 336 g/mol. The van der Waals surface area contributed by atoms with Gasteiger partial charge in [-0.05, 0) is 36.2 Å². The summed E-state index contributed by atoms with van der Waals surface area (Å²) in [4.78, 5) is 12.3. The summed E-state index contributed by atoms with van der Waals surface area (Å²) in [7, 11) is 0. The normalized spacial score (nSPS) is 15.8. The lowest BCUT2D eigenvalue weighted by molar-refractivity contribution is -0.121. The molecule has 25 heavy (non-hydrogen) atoms.